The van der Waals surface area contributed by atoms with Crippen LogP contribution in [0.4, 0.5) is 5.69 Å². The van der Waals surface area contributed by atoms with Crippen LogP contribution in [0.3, 0.4) is 0 Å². The molecule has 1 saturated carbocycles. The maximum Gasteiger partial charge on any atom is 0.338 e. The Morgan fingerprint density at radius 2 is 1.85 bits per heavy atom. The number of benzene rings is 2. The number of methoxy groups -OCH3 is 1. The van der Waals surface area contributed by atoms with Crippen molar-refractivity contribution in [3.63, 3.8) is 0 Å². The van der Waals surface area contributed by atoms with E-state index in [1.165, 1.54) is 24.3 Å². The minimum absolute atomic E-state index is 0.104. The number of non-ortho nitro benzene ring substituents is 1. The molecule has 0 aliphatic heterocycles. The van der Waals surface area contributed by atoms with E-state index in [4.69, 9.17) is 9.47 Å². The van der Waals surface area contributed by atoms with E-state index in [0.29, 0.717) is 18.6 Å². The number of nitro benzene ring substituents is 1. The molecule has 7 nitrogen and oxygen atoms in total. The minimum Gasteiger partial charge on any atom is -0.497 e. The predicted octanol–water partition coefficient (Wildman–Crippen LogP) is 3.45. The first-order chi connectivity index (χ1) is 13.0. The van der Waals surface area contributed by atoms with Gasteiger partial charge in [0.25, 0.3) is 5.69 Å². The third kappa shape index (κ3) is 3.53. The summed E-state index contributed by atoms with van der Waals surface area (Å²) in [5, 5.41) is 10.7. The summed E-state index contributed by atoms with van der Waals surface area (Å²) in [6, 6.07) is 12.4. The molecule has 0 heterocycles. The molecule has 0 bridgehead atoms. The smallest absolute Gasteiger partial charge is 0.338 e. The summed E-state index contributed by atoms with van der Waals surface area (Å²) in [7, 11) is 1.56. The minimum atomic E-state index is -0.900. The molecule has 7 heteroatoms. The highest BCUT2D eigenvalue weighted by Gasteiger charge is 2.47. The van der Waals surface area contributed by atoms with E-state index in [2.05, 4.69) is 0 Å². The van der Waals surface area contributed by atoms with E-state index in [-0.39, 0.29) is 11.3 Å². The van der Waals surface area contributed by atoms with Gasteiger partial charge in [-0.05, 0) is 49.1 Å². The number of carbonyl (C=O) groups excluding carboxylic acids is 2. The summed E-state index contributed by atoms with van der Waals surface area (Å²) < 4.78 is 10.8. The van der Waals surface area contributed by atoms with Gasteiger partial charge in [0.05, 0.1) is 23.0 Å². The number of nitrogens with zero attached hydrogens (tertiary/aromatic N) is 1. The van der Waals surface area contributed by atoms with Gasteiger partial charge in [0.2, 0.25) is 0 Å². The Morgan fingerprint density at radius 1 is 1.19 bits per heavy atom. The van der Waals surface area contributed by atoms with Crippen molar-refractivity contribution in [2.45, 2.75) is 30.8 Å². The monoisotopic (exact) mass is 369 g/mol. The fourth-order valence-electron chi connectivity index (χ4n) is 3.51. The zero-order valence-electron chi connectivity index (χ0n) is 14.8. The fraction of sp³-hybridized carbons (Fsp3) is 0.300. The number of hydrogen-bond acceptors (Lipinski definition) is 6. The predicted molar refractivity (Wildman–Crippen MR) is 96.9 cm³/mol. The zero-order valence-corrected chi connectivity index (χ0v) is 14.8. The standard InChI is InChI=1S/C20H19NO6/c1-26-17-10-6-15(7-11-17)20(13-22)12-2-3-18(20)27-19(23)14-4-8-16(9-5-14)21(24)25/h4-11,13,18H,2-3,12H2,1H3/t18-,20-/m1/s1. The number of rotatable bonds is 6. The maximum atomic E-state index is 12.5. The maximum absolute atomic E-state index is 12.5. The van der Waals surface area contributed by atoms with Crippen LogP contribution in [0.1, 0.15) is 35.2 Å². The van der Waals surface area contributed by atoms with Crippen LogP contribution in [0.2, 0.25) is 0 Å². The molecule has 0 spiro atoms. The van der Waals surface area contributed by atoms with Gasteiger partial charge in [0.1, 0.15) is 18.1 Å². The SMILES string of the molecule is COc1ccc([C@]2(C=O)CCC[C@H]2OC(=O)c2ccc([N+](=O)[O-])cc2)cc1. The molecular weight excluding hydrogens is 350 g/mol. The van der Waals surface area contributed by atoms with Gasteiger partial charge >= 0.3 is 5.97 Å². The number of hydrogen-bond donors (Lipinski definition) is 0. The quantitative estimate of drug-likeness (QED) is 0.335. The van der Waals surface area contributed by atoms with Gasteiger partial charge < -0.3 is 14.3 Å². The molecule has 2 aromatic rings. The highest BCUT2D eigenvalue weighted by atomic mass is 16.6. The highest BCUT2D eigenvalue weighted by Crippen LogP contribution is 2.42. The summed E-state index contributed by atoms with van der Waals surface area (Å²) in [6.07, 6.45) is 2.18. The summed E-state index contributed by atoms with van der Waals surface area (Å²) in [5.74, 6) is 0.0776. The van der Waals surface area contributed by atoms with Crippen LogP contribution in [0, 0.1) is 10.1 Å². The Hall–Kier alpha value is -3.22. The van der Waals surface area contributed by atoms with Gasteiger partial charge in [-0.25, -0.2) is 4.79 Å². The van der Waals surface area contributed by atoms with Crippen molar-refractivity contribution < 1.29 is 24.0 Å². The zero-order chi connectivity index (χ0) is 19.4. The van der Waals surface area contributed by atoms with E-state index >= 15 is 0 Å². The number of aldehydes is 1. The molecule has 0 unspecified atom stereocenters. The normalized spacial score (nSPS) is 21.4. The molecule has 1 fully saturated rings. The van der Waals surface area contributed by atoms with Crippen LogP contribution in [-0.2, 0) is 14.9 Å². The van der Waals surface area contributed by atoms with Crippen molar-refractivity contribution >= 4 is 17.9 Å². The van der Waals surface area contributed by atoms with Crippen LogP contribution in [0.25, 0.3) is 0 Å². The van der Waals surface area contributed by atoms with Gasteiger partial charge in [0.15, 0.2) is 0 Å². The highest BCUT2D eigenvalue weighted by molar-refractivity contribution is 5.90. The summed E-state index contributed by atoms with van der Waals surface area (Å²) in [4.78, 5) is 34.7. The first-order valence-electron chi connectivity index (χ1n) is 8.56. The molecule has 2 atom stereocenters. The molecule has 3 rings (SSSR count). The lowest BCUT2D eigenvalue weighted by Gasteiger charge is -2.30. The lowest BCUT2D eigenvalue weighted by Crippen LogP contribution is -2.39. The molecule has 0 N–H and O–H groups in total. The van der Waals surface area contributed by atoms with Gasteiger partial charge in [-0.1, -0.05) is 12.1 Å². The molecule has 2 aromatic carbocycles. The Balaban J connectivity index is 1.82. The van der Waals surface area contributed by atoms with Crippen molar-refractivity contribution in [2.24, 2.45) is 0 Å². The lowest BCUT2D eigenvalue weighted by atomic mass is 9.78. The van der Waals surface area contributed by atoms with Crippen molar-refractivity contribution in [1.82, 2.24) is 0 Å². The molecule has 0 aromatic heterocycles. The third-order valence-corrected chi connectivity index (χ3v) is 5.03. The van der Waals surface area contributed by atoms with Crippen LogP contribution in [0.5, 0.6) is 5.75 Å². The summed E-state index contributed by atoms with van der Waals surface area (Å²) in [6.45, 7) is 0. The van der Waals surface area contributed by atoms with Gasteiger partial charge in [-0.3, -0.25) is 10.1 Å². The Labute approximate surface area is 156 Å². The van der Waals surface area contributed by atoms with Crippen LogP contribution < -0.4 is 4.74 Å². The van der Waals surface area contributed by atoms with Crippen molar-refractivity contribution in [1.29, 1.82) is 0 Å². The largest absolute Gasteiger partial charge is 0.497 e. The summed E-state index contributed by atoms with van der Waals surface area (Å²) in [5.41, 5.74) is -0.0184. The molecule has 140 valence electrons. The van der Waals surface area contributed by atoms with E-state index in [1.54, 1.807) is 19.2 Å². The molecule has 1 aliphatic rings. The van der Waals surface area contributed by atoms with Crippen LogP contribution in [0.15, 0.2) is 48.5 Å². The lowest BCUT2D eigenvalue weighted by molar-refractivity contribution is -0.384. The van der Waals surface area contributed by atoms with E-state index in [0.717, 1.165) is 18.3 Å². The van der Waals surface area contributed by atoms with E-state index in [9.17, 15) is 19.7 Å². The first kappa shape index (κ1) is 18.6. The molecule has 1 aliphatic carbocycles. The number of esters is 1. The van der Waals surface area contributed by atoms with Crippen molar-refractivity contribution in [3.05, 3.63) is 69.8 Å². The number of nitro groups is 1. The second-order valence-corrected chi connectivity index (χ2v) is 6.48. The third-order valence-electron chi connectivity index (χ3n) is 5.03. The molecule has 27 heavy (non-hydrogen) atoms. The van der Waals surface area contributed by atoms with Crippen LogP contribution >= 0.6 is 0 Å². The molecule has 0 amide bonds. The van der Waals surface area contributed by atoms with E-state index < -0.39 is 22.4 Å². The van der Waals surface area contributed by atoms with Crippen LogP contribution in [-0.4, -0.2) is 30.4 Å². The number of ether oxygens (including phenoxy) is 2. The van der Waals surface area contributed by atoms with Gasteiger partial charge in [0, 0.05) is 12.1 Å². The molecular formula is C20H19NO6. The first-order valence-corrected chi connectivity index (χ1v) is 8.56. The number of carbonyl (C=O) groups is 2. The second kappa shape index (κ2) is 7.57. The Bertz CT molecular complexity index is 846. The van der Waals surface area contributed by atoms with Crippen molar-refractivity contribution in [3.8, 4) is 5.75 Å². The fourth-order valence-corrected chi connectivity index (χ4v) is 3.51. The average molecular weight is 369 g/mol. The average Bonchev–Trinajstić information content (AvgIpc) is 3.11. The van der Waals surface area contributed by atoms with Gasteiger partial charge in [-0.15, -0.1) is 0 Å². The Kier molecular flexibility index (Phi) is 5.21. The second-order valence-electron chi connectivity index (χ2n) is 6.48. The summed E-state index contributed by atoms with van der Waals surface area (Å²) >= 11 is 0. The molecule has 0 saturated heterocycles. The van der Waals surface area contributed by atoms with Gasteiger partial charge in [-0.2, -0.15) is 0 Å². The Morgan fingerprint density at radius 3 is 2.41 bits per heavy atom. The molecule has 0 radical (unpaired) electrons. The van der Waals surface area contributed by atoms with Crippen molar-refractivity contribution in [2.75, 3.05) is 7.11 Å². The topological polar surface area (TPSA) is 95.7 Å². The van der Waals surface area contributed by atoms with E-state index in [1.807, 2.05) is 12.1 Å².